The normalized spacial score (nSPS) is 19.9. The number of rotatable bonds is 14. The van der Waals surface area contributed by atoms with Crippen molar-refractivity contribution in [2.75, 3.05) is 6.16 Å². The van der Waals surface area contributed by atoms with Crippen LogP contribution in [0.25, 0.3) is 0 Å². The average molecular weight is 583 g/mol. The molecule has 3 rings (SSSR count). The first-order chi connectivity index (χ1) is 18.7. The molecule has 0 saturated heterocycles. The molecule has 2 atom stereocenters. The van der Waals surface area contributed by atoms with Crippen LogP contribution in [0.2, 0.25) is 36.3 Å². The highest BCUT2D eigenvalue weighted by atomic mass is 31.2. The molecule has 0 N–H and O–H groups in total. The molecule has 39 heavy (non-hydrogen) atoms. The number of hydrogen-bond acceptors (Lipinski definition) is 3. The van der Waals surface area contributed by atoms with Gasteiger partial charge in [-0.05, 0) is 53.8 Å². The Hall–Kier alpha value is -1.50. The maximum Gasteiger partial charge on any atom is 0.192 e. The fourth-order valence-electron chi connectivity index (χ4n) is 6.06. The lowest BCUT2D eigenvalue weighted by molar-refractivity contribution is 0.101. The number of allylic oxidation sites excluding steroid dienone is 1. The monoisotopic (exact) mass is 582 g/mol. The Kier molecular flexibility index (Phi) is 11.8. The van der Waals surface area contributed by atoms with Gasteiger partial charge in [0.2, 0.25) is 0 Å². The Morgan fingerprint density at radius 3 is 1.64 bits per heavy atom. The van der Waals surface area contributed by atoms with Gasteiger partial charge >= 0.3 is 0 Å². The fourth-order valence-corrected chi connectivity index (χ4v) is 14.3. The summed E-state index contributed by atoms with van der Waals surface area (Å²) >= 11 is 0. The van der Waals surface area contributed by atoms with Crippen molar-refractivity contribution in [2.45, 2.75) is 103 Å². The quantitative estimate of drug-likeness (QED) is 0.165. The lowest BCUT2D eigenvalue weighted by atomic mass is 9.86. The van der Waals surface area contributed by atoms with Crippen molar-refractivity contribution in [3.63, 3.8) is 0 Å². The van der Waals surface area contributed by atoms with Gasteiger partial charge in [-0.15, -0.1) is 0 Å². The lowest BCUT2D eigenvalue weighted by Crippen LogP contribution is -2.46. The van der Waals surface area contributed by atoms with Gasteiger partial charge < -0.3 is 13.4 Å². The molecule has 1 fully saturated rings. The molecule has 3 nitrogen and oxygen atoms in total. The molecular formula is C33H51O3PSi2. The fraction of sp³-hybridized carbons (Fsp3) is 0.515. The van der Waals surface area contributed by atoms with Crippen LogP contribution in [0.1, 0.15) is 54.4 Å². The molecule has 0 aromatic heterocycles. The van der Waals surface area contributed by atoms with Crippen molar-refractivity contribution in [3.05, 3.63) is 84.5 Å². The van der Waals surface area contributed by atoms with Gasteiger partial charge in [0.25, 0.3) is 0 Å². The Morgan fingerprint density at radius 2 is 1.21 bits per heavy atom. The first-order valence-corrected chi connectivity index (χ1v) is 22.1. The van der Waals surface area contributed by atoms with Crippen molar-refractivity contribution in [2.24, 2.45) is 0 Å². The molecule has 2 aromatic rings. The number of hydrogen-bond donors (Lipinski definition) is 0. The molecule has 6 heteroatoms. The molecule has 1 saturated carbocycles. The van der Waals surface area contributed by atoms with Gasteiger partial charge in [-0.25, -0.2) is 0 Å². The molecule has 1 aliphatic carbocycles. The maximum absolute atomic E-state index is 14.7. The van der Waals surface area contributed by atoms with E-state index in [0.29, 0.717) is 6.16 Å². The summed E-state index contributed by atoms with van der Waals surface area (Å²) in [6, 6.07) is 26.7. The minimum atomic E-state index is -2.86. The Bertz CT molecular complexity index is 1060. The van der Waals surface area contributed by atoms with E-state index in [1.165, 1.54) is 5.57 Å². The molecule has 0 aliphatic heterocycles. The second kappa shape index (κ2) is 14.4. The highest BCUT2D eigenvalue weighted by Crippen LogP contribution is 2.45. The number of benzene rings is 2. The third kappa shape index (κ3) is 7.43. The molecule has 0 bridgehead atoms. The van der Waals surface area contributed by atoms with Crippen LogP contribution >= 0.6 is 7.14 Å². The van der Waals surface area contributed by atoms with Crippen LogP contribution in [-0.4, -0.2) is 35.0 Å². The Balaban J connectivity index is 2.01. The maximum atomic E-state index is 14.7. The van der Waals surface area contributed by atoms with Crippen LogP contribution in [0.4, 0.5) is 0 Å². The van der Waals surface area contributed by atoms with E-state index in [1.54, 1.807) is 0 Å². The van der Waals surface area contributed by atoms with Crippen molar-refractivity contribution < 1.29 is 13.4 Å². The highest BCUT2D eigenvalue weighted by Gasteiger charge is 2.40. The molecule has 1 aliphatic rings. The third-order valence-electron chi connectivity index (χ3n) is 9.34. The van der Waals surface area contributed by atoms with Crippen molar-refractivity contribution in [3.8, 4) is 0 Å². The standard InChI is InChI=1S/C33H51O3PSi2/c1-8-38(9-2,10-3)35-30-26-29(28(7)33(27-30)36-39(11-4,12-5)13-6)24-25-37(34,31-20-16-14-17-21-31)32-22-18-15-19-23-32/h14-24,30,33H,7-13,25-27H2,1-6H3/b29-24-/t30-,33+/m1/s1. The van der Waals surface area contributed by atoms with Crippen LogP contribution in [0.3, 0.4) is 0 Å². The smallest absolute Gasteiger partial charge is 0.192 e. The summed E-state index contributed by atoms with van der Waals surface area (Å²) in [5.41, 5.74) is 2.26. The van der Waals surface area contributed by atoms with Gasteiger partial charge in [0.1, 0.15) is 7.14 Å². The van der Waals surface area contributed by atoms with Crippen molar-refractivity contribution in [1.82, 2.24) is 0 Å². The zero-order valence-corrected chi connectivity index (χ0v) is 28.1. The summed E-state index contributed by atoms with van der Waals surface area (Å²) < 4.78 is 28.9. The minimum Gasteiger partial charge on any atom is -0.414 e. The zero-order valence-electron chi connectivity index (χ0n) is 25.2. The van der Waals surface area contributed by atoms with Gasteiger partial charge in [-0.1, -0.05) is 115 Å². The van der Waals surface area contributed by atoms with Crippen LogP contribution in [0, 0.1) is 0 Å². The molecule has 2 aromatic carbocycles. The summed E-state index contributed by atoms with van der Waals surface area (Å²) in [6.07, 6.45) is 4.51. The molecule has 0 radical (unpaired) electrons. The molecule has 214 valence electrons. The van der Waals surface area contributed by atoms with E-state index in [1.807, 2.05) is 60.7 Å². The van der Waals surface area contributed by atoms with E-state index in [0.717, 1.165) is 65.3 Å². The molecule has 0 spiro atoms. The van der Waals surface area contributed by atoms with E-state index in [4.69, 9.17) is 8.85 Å². The van der Waals surface area contributed by atoms with Gasteiger partial charge in [0.15, 0.2) is 16.6 Å². The molecule has 0 unspecified atom stereocenters. The predicted octanol–water partition coefficient (Wildman–Crippen LogP) is 9.06. The SMILES string of the molecule is C=C1/C(=C\CP(=O)(c2ccccc2)c2ccccc2)C[C@@H](O[Si](CC)(CC)CC)C[C@@H]1O[Si](CC)(CC)CC. The van der Waals surface area contributed by atoms with Crippen LogP contribution in [0.15, 0.2) is 84.5 Å². The molecule has 0 amide bonds. The van der Waals surface area contributed by atoms with Crippen LogP contribution in [-0.2, 0) is 13.4 Å². The second-order valence-electron chi connectivity index (χ2n) is 11.1. The zero-order chi connectivity index (χ0) is 28.5. The molecule has 0 heterocycles. The first kappa shape index (κ1) is 32.0. The largest absolute Gasteiger partial charge is 0.414 e. The van der Waals surface area contributed by atoms with Crippen molar-refractivity contribution in [1.29, 1.82) is 0 Å². The van der Waals surface area contributed by atoms with E-state index >= 15 is 0 Å². The van der Waals surface area contributed by atoms with E-state index in [9.17, 15) is 4.57 Å². The van der Waals surface area contributed by atoms with Gasteiger partial charge in [-0.3, -0.25) is 0 Å². The third-order valence-corrected chi connectivity index (χ3v) is 21.7. The minimum absolute atomic E-state index is 0.0216. The van der Waals surface area contributed by atoms with E-state index in [-0.39, 0.29) is 12.2 Å². The summed E-state index contributed by atoms with van der Waals surface area (Å²) in [5.74, 6) is 0. The summed E-state index contributed by atoms with van der Waals surface area (Å²) in [6.45, 7) is 18.3. The van der Waals surface area contributed by atoms with E-state index in [2.05, 4.69) is 54.2 Å². The Labute approximate surface area is 240 Å². The first-order valence-electron chi connectivity index (χ1n) is 15.2. The van der Waals surface area contributed by atoms with Gasteiger partial charge in [-0.2, -0.15) is 0 Å². The molecular weight excluding hydrogens is 532 g/mol. The van der Waals surface area contributed by atoms with Crippen LogP contribution in [0.5, 0.6) is 0 Å². The Morgan fingerprint density at radius 1 is 0.769 bits per heavy atom. The average Bonchev–Trinajstić information content (AvgIpc) is 3.00. The van der Waals surface area contributed by atoms with Gasteiger partial charge in [0, 0.05) is 23.2 Å². The summed E-state index contributed by atoms with van der Waals surface area (Å²) in [7, 11) is -6.49. The summed E-state index contributed by atoms with van der Waals surface area (Å²) in [5, 5.41) is 1.80. The predicted molar refractivity (Wildman–Crippen MR) is 175 cm³/mol. The second-order valence-corrected chi connectivity index (χ2v) is 23.4. The van der Waals surface area contributed by atoms with Gasteiger partial charge in [0.05, 0.1) is 12.2 Å². The topological polar surface area (TPSA) is 35.5 Å². The van der Waals surface area contributed by atoms with Crippen molar-refractivity contribution >= 4 is 34.4 Å². The highest BCUT2D eigenvalue weighted by molar-refractivity contribution is 7.78. The summed E-state index contributed by atoms with van der Waals surface area (Å²) in [4.78, 5) is 0. The van der Waals surface area contributed by atoms with E-state index < -0.39 is 23.8 Å². The van der Waals surface area contributed by atoms with Crippen LogP contribution < -0.4 is 10.6 Å². The lowest BCUT2D eigenvalue weighted by Gasteiger charge is -2.42.